The molecule has 1 aromatic heterocycles. The molecule has 1 aliphatic heterocycles. The molecule has 0 bridgehead atoms. The molecule has 2 heterocycles. The van der Waals surface area contributed by atoms with E-state index in [1.54, 1.807) is 0 Å². The molecule has 0 saturated heterocycles. The monoisotopic (exact) mass is 282 g/mol. The fourth-order valence-electron chi connectivity index (χ4n) is 3.18. The molecule has 0 saturated carbocycles. The van der Waals surface area contributed by atoms with E-state index < -0.39 is 0 Å². The summed E-state index contributed by atoms with van der Waals surface area (Å²) in [6, 6.07) is 10.7. The Hall–Kier alpha value is -1.87. The van der Waals surface area contributed by atoms with E-state index in [0.717, 1.165) is 48.6 Å². The van der Waals surface area contributed by atoms with Crippen molar-refractivity contribution in [2.45, 2.75) is 33.3 Å². The fraction of sp³-hybridized carbons (Fsp3) is 0.389. The smallest absolute Gasteiger partial charge is 0.134 e. The second-order valence-corrected chi connectivity index (χ2v) is 5.80. The van der Waals surface area contributed by atoms with Crippen molar-refractivity contribution in [3.8, 4) is 0 Å². The van der Waals surface area contributed by atoms with Crippen molar-refractivity contribution < 1.29 is 5.11 Å². The molecule has 1 N–H and O–H groups in total. The third kappa shape index (κ3) is 2.79. The van der Waals surface area contributed by atoms with E-state index in [1.807, 2.05) is 13.0 Å². The molecule has 0 radical (unpaired) electrons. The molecule has 3 rings (SSSR count). The highest BCUT2D eigenvalue weighted by Crippen LogP contribution is 2.25. The lowest BCUT2D eigenvalue weighted by Gasteiger charge is -2.25. The maximum Gasteiger partial charge on any atom is 0.134 e. The molecule has 3 nitrogen and oxygen atoms in total. The van der Waals surface area contributed by atoms with Crippen molar-refractivity contribution in [3.05, 3.63) is 58.3 Å². The van der Waals surface area contributed by atoms with E-state index >= 15 is 0 Å². The number of nitrogens with zero attached hydrogens (tertiary/aromatic N) is 2. The predicted molar refractivity (Wildman–Crippen MR) is 85.7 cm³/mol. The summed E-state index contributed by atoms with van der Waals surface area (Å²) >= 11 is 0. The zero-order chi connectivity index (χ0) is 14.8. The summed E-state index contributed by atoms with van der Waals surface area (Å²) in [6.45, 7) is 6.04. The van der Waals surface area contributed by atoms with Crippen LogP contribution >= 0.6 is 0 Å². The van der Waals surface area contributed by atoms with Gasteiger partial charge in [0.15, 0.2) is 0 Å². The number of aryl methyl sites for hydroxylation is 2. The van der Waals surface area contributed by atoms with Gasteiger partial charge in [0.2, 0.25) is 0 Å². The van der Waals surface area contributed by atoms with E-state index in [-0.39, 0.29) is 6.61 Å². The molecule has 0 atom stereocenters. The molecule has 0 spiro atoms. The summed E-state index contributed by atoms with van der Waals surface area (Å²) in [6.07, 6.45) is 2.07. The summed E-state index contributed by atoms with van der Waals surface area (Å²) in [5, 5.41) is 9.70. The number of benzene rings is 1. The number of anilines is 1. The van der Waals surface area contributed by atoms with Crippen LogP contribution in [0.1, 0.15) is 27.9 Å². The number of aromatic nitrogens is 1. The van der Waals surface area contributed by atoms with Gasteiger partial charge in [0.1, 0.15) is 5.82 Å². The van der Waals surface area contributed by atoms with Crippen LogP contribution < -0.4 is 4.90 Å². The predicted octanol–water partition coefficient (Wildman–Crippen LogP) is 2.80. The minimum absolute atomic E-state index is 0.0535. The summed E-state index contributed by atoms with van der Waals surface area (Å²) in [5.41, 5.74) is 5.99. The number of hydrogen-bond donors (Lipinski definition) is 1. The maximum atomic E-state index is 9.70. The molecule has 1 aromatic carbocycles. The highest BCUT2D eigenvalue weighted by Gasteiger charge is 2.18. The molecule has 1 aliphatic rings. The zero-order valence-electron chi connectivity index (χ0n) is 12.8. The van der Waals surface area contributed by atoms with E-state index in [2.05, 4.69) is 36.1 Å². The molecule has 0 amide bonds. The van der Waals surface area contributed by atoms with Gasteiger partial charge in [-0.3, -0.25) is 0 Å². The third-order valence-electron chi connectivity index (χ3n) is 4.33. The molecular weight excluding hydrogens is 260 g/mol. The number of pyridine rings is 1. The van der Waals surface area contributed by atoms with Gasteiger partial charge in [0.05, 0.1) is 6.61 Å². The summed E-state index contributed by atoms with van der Waals surface area (Å²) in [4.78, 5) is 7.02. The minimum atomic E-state index is 0.0535. The number of fused-ring (bicyclic) bond motifs is 1. The Labute approximate surface area is 126 Å². The zero-order valence-corrected chi connectivity index (χ0v) is 12.8. The van der Waals surface area contributed by atoms with Crippen LogP contribution in [-0.2, 0) is 19.4 Å². The second-order valence-electron chi connectivity index (χ2n) is 5.80. The van der Waals surface area contributed by atoms with Gasteiger partial charge in [0.25, 0.3) is 0 Å². The van der Waals surface area contributed by atoms with Crippen LogP contribution in [0.25, 0.3) is 0 Å². The molecule has 0 aliphatic carbocycles. The summed E-state index contributed by atoms with van der Waals surface area (Å²) in [5.74, 6) is 0.961. The number of hydrogen-bond acceptors (Lipinski definition) is 3. The summed E-state index contributed by atoms with van der Waals surface area (Å²) < 4.78 is 0. The van der Waals surface area contributed by atoms with Gasteiger partial charge < -0.3 is 10.0 Å². The van der Waals surface area contributed by atoms with Crippen LogP contribution in [0, 0.1) is 13.8 Å². The minimum Gasteiger partial charge on any atom is -0.392 e. The van der Waals surface area contributed by atoms with E-state index in [0.29, 0.717) is 0 Å². The molecule has 3 heteroatoms. The molecule has 0 unspecified atom stereocenters. The average molecular weight is 282 g/mol. The van der Waals surface area contributed by atoms with Gasteiger partial charge >= 0.3 is 0 Å². The quantitative estimate of drug-likeness (QED) is 0.920. The lowest BCUT2D eigenvalue weighted by Crippen LogP contribution is -2.28. The van der Waals surface area contributed by atoms with Gasteiger partial charge in [-0.2, -0.15) is 0 Å². The molecule has 2 aromatic rings. The summed E-state index contributed by atoms with van der Waals surface area (Å²) in [7, 11) is 0. The Morgan fingerprint density at radius 2 is 1.71 bits per heavy atom. The Kier molecular flexibility index (Phi) is 3.93. The van der Waals surface area contributed by atoms with Crippen molar-refractivity contribution in [2.24, 2.45) is 0 Å². The topological polar surface area (TPSA) is 36.4 Å². The molecule has 21 heavy (non-hydrogen) atoms. The first-order valence-corrected chi connectivity index (χ1v) is 7.58. The van der Waals surface area contributed by atoms with Gasteiger partial charge in [-0.25, -0.2) is 4.98 Å². The first kappa shape index (κ1) is 14.1. The van der Waals surface area contributed by atoms with Crippen molar-refractivity contribution in [1.29, 1.82) is 0 Å². The van der Waals surface area contributed by atoms with Gasteiger partial charge in [-0.15, -0.1) is 0 Å². The van der Waals surface area contributed by atoms with Crippen LogP contribution in [0.2, 0.25) is 0 Å². The van der Waals surface area contributed by atoms with Crippen LogP contribution in [-0.4, -0.2) is 23.2 Å². The largest absolute Gasteiger partial charge is 0.392 e. The average Bonchev–Trinajstić information content (AvgIpc) is 2.69. The van der Waals surface area contributed by atoms with Crippen molar-refractivity contribution in [2.75, 3.05) is 18.0 Å². The van der Waals surface area contributed by atoms with Crippen LogP contribution in [0.5, 0.6) is 0 Å². The van der Waals surface area contributed by atoms with Crippen LogP contribution in [0.3, 0.4) is 0 Å². The number of rotatable bonds is 2. The maximum absolute atomic E-state index is 9.70. The van der Waals surface area contributed by atoms with Crippen LogP contribution in [0.15, 0.2) is 30.3 Å². The molecular formula is C18H22N2O. The van der Waals surface area contributed by atoms with Crippen molar-refractivity contribution in [3.63, 3.8) is 0 Å². The lowest BCUT2D eigenvalue weighted by molar-refractivity contribution is 0.280. The van der Waals surface area contributed by atoms with E-state index in [4.69, 9.17) is 4.98 Å². The fourth-order valence-corrected chi connectivity index (χ4v) is 3.18. The Morgan fingerprint density at radius 1 is 1.10 bits per heavy atom. The number of aliphatic hydroxyl groups is 1. The Balaban J connectivity index is 1.93. The van der Waals surface area contributed by atoms with Gasteiger partial charge in [-0.05, 0) is 49.4 Å². The second kappa shape index (κ2) is 5.86. The SMILES string of the molecule is Cc1cc(C)c(CO)c(N2CCc3ccccc3CC2)n1. The van der Waals surface area contributed by atoms with Gasteiger partial charge in [-0.1, -0.05) is 24.3 Å². The normalized spacial score (nSPS) is 14.7. The van der Waals surface area contributed by atoms with Crippen molar-refractivity contribution >= 4 is 5.82 Å². The standard InChI is InChI=1S/C18H22N2O/c1-13-11-14(2)19-18(17(13)12-21)20-9-7-15-5-3-4-6-16(15)8-10-20/h3-6,11,21H,7-10,12H2,1-2H3. The Bertz CT molecular complexity index is 625. The first-order chi connectivity index (χ1) is 10.2. The highest BCUT2D eigenvalue weighted by molar-refractivity contribution is 5.52. The van der Waals surface area contributed by atoms with E-state index in [9.17, 15) is 5.11 Å². The highest BCUT2D eigenvalue weighted by atomic mass is 16.3. The first-order valence-electron chi connectivity index (χ1n) is 7.58. The number of aliphatic hydroxyl groups excluding tert-OH is 1. The van der Waals surface area contributed by atoms with Gasteiger partial charge in [0, 0.05) is 24.3 Å². The van der Waals surface area contributed by atoms with E-state index in [1.165, 1.54) is 11.1 Å². The third-order valence-corrected chi connectivity index (χ3v) is 4.33. The molecule has 110 valence electrons. The Morgan fingerprint density at radius 3 is 2.29 bits per heavy atom. The van der Waals surface area contributed by atoms with Crippen molar-refractivity contribution in [1.82, 2.24) is 4.98 Å². The van der Waals surface area contributed by atoms with Crippen LogP contribution in [0.4, 0.5) is 5.82 Å². The lowest BCUT2D eigenvalue weighted by atomic mass is 10.0. The molecule has 0 fully saturated rings.